The molecule has 5 heteroatoms. The van der Waals surface area contributed by atoms with Gasteiger partial charge in [0.1, 0.15) is 17.3 Å². The Labute approximate surface area is 148 Å². The Morgan fingerprint density at radius 1 is 1.09 bits per heavy atom. The summed E-state index contributed by atoms with van der Waals surface area (Å²) in [6.45, 7) is 0.617. The topological polar surface area (TPSA) is 34.4 Å². The van der Waals surface area contributed by atoms with Crippen molar-refractivity contribution in [3.05, 3.63) is 69.9 Å². The Balaban J connectivity index is 1.70. The monoisotopic (exact) mass is 391 g/mol. The molecule has 3 nitrogen and oxygen atoms in total. The molecule has 3 rings (SSSR count). The molecule has 1 aromatic heterocycles. The molecule has 0 aliphatic rings. The van der Waals surface area contributed by atoms with Gasteiger partial charge in [-0.3, -0.25) is 0 Å². The molecule has 0 aliphatic carbocycles. The van der Waals surface area contributed by atoms with Gasteiger partial charge in [0.2, 0.25) is 0 Å². The van der Waals surface area contributed by atoms with E-state index in [9.17, 15) is 0 Å². The van der Waals surface area contributed by atoms with Crippen molar-refractivity contribution in [1.82, 2.24) is 0 Å². The molecule has 0 unspecified atom stereocenters. The van der Waals surface area contributed by atoms with E-state index in [1.54, 1.807) is 7.11 Å². The van der Waals surface area contributed by atoms with E-state index in [1.165, 1.54) is 0 Å². The molecule has 0 atom stereocenters. The van der Waals surface area contributed by atoms with Gasteiger partial charge in [0, 0.05) is 15.7 Å². The van der Waals surface area contributed by atoms with Crippen LogP contribution in [0.3, 0.4) is 0 Å². The number of nitrogens with one attached hydrogen (secondary N) is 1. The molecule has 0 aliphatic heterocycles. The molecule has 0 radical (unpaired) electrons. The van der Waals surface area contributed by atoms with Crippen LogP contribution in [0.2, 0.25) is 5.02 Å². The van der Waals surface area contributed by atoms with E-state index >= 15 is 0 Å². The number of anilines is 1. The number of halogens is 2. The first-order valence-corrected chi connectivity index (χ1v) is 8.25. The summed E-state index contributed by atoms with van der Waals surface area (Å²) in [6.07, 6.45) is 0. The average Bonchev–Trinajstić information content (AvgIpc) is 3.03. The van der Waals surface area contributed by atoms with Crippen molar-refractivity contribution in [3.63, 3.8) is 0 Å². The number of benzene rings is 2. The fourth-order valence-electron chi connectivity index (χ4n) is 2.20. The average molecular weight is 393 g/mol. The van der Waals surface area contributed by atoms with Gasteiger partial charge in [-0.25, -0.2) is 0 Å². The van der Waals surface area contributed by atoms with Crippen LogP contribution in [0.5, 0.6) is 5.75 Å². The van der Waals surface area contributed by atoms with Crippen LogP contribution >= 0.6 is 27.5 Å². The predicted molar refractivity (Wildman–Crippen MR) is 97.2 cm³/mol. The molecule has 0 saturated heterocycles. The maximum absolute atomic E-state index is 6.16. The molecule has 0 spiro atoms. The second-order valence-electron chi connectivity index (χ2n) is 4.98. The van der Waals surface area contributed by atoms with Crippen molar-refractivity contribution in [2.45, 2.75) is 6.54 Å². The first-order valence-electron chi connectivity index (χ1n) is 7.08. The minimum Gasteiger partial charge on any atom is -0.495 e. The highest BCUT2D eigenvalue weighted by molar-refractivity contribution is 9.10. The highest BCUT2D eigenvalue weighted by atomic mass is 79.9. The van der Waals surface area contributed by atoms with E-state index in [1.807, 2.05) is 54.6 Å². The van der Waals surface area contributed by atoms with Crippen LogP contribution in [0.25, 0.3) is 11.3 Å². The van der Waals surface area contributed by atoms with Gasteiger partial charge in [0.25, 0.3) is 0 Å². The number of rotatable bonds is 5. The molecular formula is C18H15BrClNO2. The number of hydrogen-bond acceptors (Lipinski definition) is 3. The van der Waals surface area contributed by atoms with Crippen molar-refractivity contribution in [1.29, 1.82) is 0 Å². The quantitative estimate of drug-likeness (QED) is 0.579. The van der Waals surface area contributed by atoms with Crippen LogP contribution in [0, 0.1) is 0 Å². The largest absolute Gasteiger partial charge is 0.495 e. The second-order valence-corrected chi connectivity index (χ2v) is 6.30. The molecule has 3 aromatic rings. The summed E-state index contributed by atoms with van der Waals surface area (Å²) in [5, 5.41) is 3.89. The number of ether oxygens (including phenoxy) is 1. The first-order chi connectivity index (χ1) is 11.2. The molecule has 0 saturated carbocycles. The second kappa shape index (κ2) is 7.11. The summed E-state index contributed by atoms with van der Waals surface area (Å²) in [5.74, 6) is 2.29. The van der Waals surface area contributed by atoms with Gasteiger partial charge in [-0.1, -0.05) is 27.5 Å². The molecular weight excluding hydrogens is 378 g/mol. The standard InChI is InChI=1S/C18H15BrClNO2/c1-22-18-8-2-12(10-16(18)20)17-9-7-15(23-17)11-21-14-5-3-13(19)4-6-14/h2-10,21H,11H2,1H3. The van der Waals surface area contributed by atoms with Gasteiger partial charge in [-0.15, -0.1) is 0 Å². The van der Waals surface area contributed by atoms with Crippen LogP contribution < -0.4 is 10.1 Å². The SMILES string of the molecule is COc1ccc(-c2ccc(CNc3ccc(Br)cc3)o2)cc1Cl. The van der Waals surface area contributed by atoms with Gasteiger partial charge in [0.15, 0.2) is 0 Å². The van der Waals surface area contributed by atoms with Gasteiger partial charge < -0.3 is 14.5 Å². The molecule has 0 amide bonds. The highest BCUT2D eigenvalue weighted by Gasteiger charge is 2.08. The summed E-state index contributed by atoms with van der Waals surface area (Å²) in [6, 6.07) is 17.5. The lowest BCUT2D eigenvalue weighted by Crippen LogP contribution is -1.97. The first kappa shape index (κ1) is 16.0. The van der Waals surface area contributed by atoms with E-state index < -0.39 is 0 Å². The maximum atomic E-state index is 6.16. The molecule has 118 valence electrons. The Bertz CT molecular complexity index is 799. The minimum atomic E-state index is 0.566. The number of furan rings is 1. The lowest BCUT2D eigenvalue weighted by Gasteiger charge is -2.05. The zero-order chi connectivity index (χ0) is 16.2. The van der Waals surface area contributed by atoms with Gasteiger partial charge in [-0.2, -0.15) is 0 Å². The smallest absolute Gasteiger partial charge is 0.137 e. The summed E-state index contributed by atoms with van der Waals surface area (Å²) >= 11 is 9.58. The van der Waals surface area contributed by atoms with Crippen molar-refractivity contribution in [2.24, 2.45) is 0 Å². The summed E-state index contributed by atoms with van der Waals surface area (Å²) in [7, 11) is 1.60. The summed E-state index contributed by atoms with van der Waals surface area (Å²) < 4.78 is 12.1. The molecule has 23 heavy (non-hydrogen) atoms. The normalized spacial score (nSPS) is 10.6. The molecule has 1 N–H and O–H groups in total. The Morgan fingerprint density at radius 2 is 1.87 bits per heavy atom. The van der Waals surface area contributed by atoms with Crippen LogP contribution in [0.4, 0.5) is 5.69 Å². The number of methoxy groups -OCH3 is 1. The minimum absolute atomic E-state index is 0.566. The maximum Gasteiger partial charge on any atom is 0.137 e. The zero-order valence-corrected chi connectivity index (χ0v) is 14.8. The van der Waals surface area contributed by atoms with Crippen molar-refractivity contribution in [3.8, 4) is 17.1 Å². The van der Waals surface area contributed by atoms with Crippen LogP contribution in [-0.4, -0.2) is 7.11 Å². The molecule has 1 heterocycles. The van der Waals surface area contributed by atoms with Crippen LogP contribution in [-0.2, 0) is 6.54 Å². The molecule has 0 bridgehead atoms. The van der Waals surface area contributed by atoms with Crippen molar-refractivity contribution < 1.29 is 9.15 Å². The van der Waals surface area contributed by atoms with Crippen molar-refractivity contribution >= 4 is 33.2 Å². The zero-order valence-electron chi connectivity index (χ0n) is 12.5. The third-order valence-corrected chi connectivity index (χ3v) is 4.23. The van der Waals surface area contributed by atoms with Gasteiger partial charge >= 0.3 is 0 Å². The Morgan fingerprint density at radius 3 is 2.57 bits per heavy atom. The lowest BCUT2D eigenvalue weighted by atomic mass is 10.2. The van der Waals surface area contributed by atoms with E-state index in [4.69, 9.17) is 20.8 Å². The molecule has 2 aromatic carbocycles. The Hall–Kier alpha value is -1.91. The van der Waals surface area contributed by atoms with Crippen molar-refractivity contribution in [2.75, 3.05) is 12.4 Å². The highest BCUT2D eigenvalue weighted by Crippen LogP contribution is 2.31. The van der Waals surface area contributed by atoms with E-state index in [0.717, 1.165) is 27.2 Å². The predicted octanol–water partition coefficient (Wildman–Crippen LogP) is 5.98. The van der Waals surface area contributed by atoms with E-state index in [0.29, 0.717) is 17.3 Å². The summed E-state index contributed by atoms with van der Waals surface area (Å²) in [5.41, 5.74) is 1.96. The van der Waals surface area contributed by atoms with E-state index in [-0.39, 0.29) is 0 Å². The number of hydrogen-bond donors (Lipinski definition) is 1. The molecule has 0 fully saturated rings. The lowest BCUT2D eigenvalue weighted by molar-refractivity contribution is 0.415. The van der Waals surface area contributed by atoms with Crippen LogP contribution in [0.1, 0.15) is 5.76 Å². The van der Waals surface area contributed by atoms with Gasteiger partial charge in [0.05, 0.1) is 18.7 Å². The fraction of sp³-hybridized carbons (Fsp3) is 0.111. The van der Waals surface area contributed by atoms with E-state index in [2.05, 4.69) is 21.2 Å². The third kappa shape index (κ3) is 3.89. The summed E-state index contributed by atoms with van der Waals surface area (Å²) in [4.78, 5) is 0. The third-order valence-electron chi connectivity index (χ3n) is 3.41. The van der Waals surface area contributed by atoms with Gasteiger partial charge in [-0.05, 0) is 54.6 Å². The Kier molecular flexibility index (Phi) is 4.94. The van der Waals surface area contributed by atoms with Crippen LogP contribution in [0.15, 0.2) is 63.5 Å². The fourth-order valence-corrected chi connectivity index (χ4v) is 2.73.